The third kappa shape index (κ3) is 4.55. The van der Waals surface area contributed by atoms with Crippen molar-refractivity contribution in [3.05, 3.63) is 29.6 Å². The average molecular weight is 267 g/mol. The van der Waals surface area contributed by atoms with Gasteiger partial charge < -0.3 is 20.8 Å². The van der Waals surface area contributed by atoms with Gasteiger partial charge in [0.1, 0.15) is 0 Å². The molecule has 0 aromatic carbocycles. The van der Waals surface area contributed by atoms with E-state index < -0.39 is 24.1 Å². The van der Waals surface area contributed by atoms with E-state index in [-0.39, 0.29) is 6.54 Å². The minimum Gasteiger partial charge on any atom is -0.480 e. The first-order valence-electron chi connectivity index (χ1n) is 5.77. The summed E-state index contributed by atoms with van der Waals surface area (Å²) in [6.45, 7) is 3.34. The summed E-state index contributed by atoms with van der Waals surface area (Å²) < 4.78 is 0. The summed E-state index contributed by atoms with van der Waals surface area (Å²) in [5.74, 6) is -1.29. The van der Waals surface area contributed by atoms with Crippen molar-refractivity contribution in [3.63, 3.8) is 0 Å². The van der Waals surface area contributed by atoms with Crippen LogP contribution in [-0.2, 0) is 11.3 Å². The fourth-order valence-electron chi connectivity index (χ4n) is 1.45. The molecule has 0 aliphatic carbocycles. The molecule has 0 unspecified atom stereocenters. The van der Waals surface area contributed by atoms with Gasteiger partial charge in [-0.2, -0.15) is 0 Å². The van der Waals surface area contributed by atoms with Crippen molar-refractivity contribution in [2.24, 2.45) is 0 Å². The number of aliphatic hydroxyl groups is 1. The van der Waals surface area contributed by atoms with E-state index in [9.17, 15) is 14.7 Å². The molecule has 0 saturated carbocycles. The molecule has 0 spiro atoms. The number of carboxylic acid groups (broad SMARTS) is 1. The van der Waals surface area contributed by atoms with Gasteiger partial charge in [0.15, 0.2) is 6.04 Å². The molecule has 2 amide bonds. The van der Waals surface area contributed by atoms with Gasteiger partial charge in [-0.05, 0) is 25.5 Å². The zero-order chi connectivity index (χ0) is 14.4. The molecule has 1 heterocycles. The van der Waals surface area contributed by atoms with Crippen LogP contribution in [0.1, 0.15) is 18.2 Å². The Labute approximate surface area is 110 Å². The lowest BCUT2D eigenvalue weighted by atomic mass is 10.2. The number of carbonyl (C=O) groups is 2. The lowest BCUT2D eigenvalue weighted by Crippen LogP contribution is -2.51. The van der Waals surface area contributed by atoms with Gasteiger partial charge in [0.2, 0.25) is 0 Å². The maximum atomic E-state index is 11.5. The number of carbonyl (C=O) groups excluding carboxylic acids is 1. The van der Waals surface area contributed by atoms with E-state index in [4.69, 9.17) is 5.11 Å². The molecule has 0 radical (unpaired) electrons. The van der Waals surface area contributed by atoms with Crippen LogP contribution < -0.4 is 10.6 Å². The highest BCUT2D eigenvalue weighted by atomic mass is 16.4. The number of amides is 2. The van der Waals surface area contributed by atoms with Crippen molar-refractivity contribution in [1.82, 2.24) is 15.6 Å². The normalized spacial score (nSPS) is 13.4. The average Bonchev–Trinajstić information content (AvgIpc) is 2.34. The summed E-state index contributed by atoms with van der Waals surface area (Å²) in [4.78, 5) is 26.4. The van der Waals surface area contributed by atoms with Crippen LogP contribution in [0.2, 0.25) is 0 Å². The van der Waals surface area contributed by atoms with E-state index in [1.54, 1.807) is 12.3 Å². The fourth-order valence-corrected chi connectivity index (χ4v) is 1.45. The molecule has 1 aromatic heterocycles. The molecule has 0 fully saturated rings. The van der Waals surface area contributed by atoms with Crippen molar-refractivity contribution in [2.75, 3.05) is 0 Å². The van der Waals surface area contributed by atoms with Gasteiger partial charge in [0.25, 0.3) is 0 Å². The van der Waals surface area contributed by atoms with Crippen LogP contribution in [0.5, 0.6) is 0 Å². The molecule has 7 heteroatoms. The molecule has 1 aromatic rings. The predicted molar refractivity (Wildman–Crippen MR) is 67.5 cm³/mol. The number of urea groups is 1. The second-order valence-electron chi connectivity index (χ2n) is 4.15. The SMILES string of the molecule is Cc1cccnc1CNC(=O)N[C@H](C(=O)O)[C@@H](C)O. The molecule has 2 atom stereocenters. The Morgan fingerprint density at radius 2 is 2.16 bits per heavy atom. The molecule has 104 valence electrons. The molecule has 0 aliphatic rings. The number of aromatic nitrogens is 1. The second-order valence-corrected chi connectivity index (χ2v) is 4.15. The van der Waals surface area contributed by atoms with Crippen molar-refractivity contribution in [1.29, 1.82) is 0 Å². The number of hydrogen-bond acceptors (Lipinski definition) is 4. The van der Waals surface area contributed by atoms with E-state index in [1.807, 2.05) is 13.0 Å². The first-order valence-corrected chi connectivity index (χ1v) is 5.77. The third-order valence-electron chi connectivity index (χ3n) is 2.57. The summed E-state index contributed by atoms with van der Waals surface area (Å²) >= 11 is 0. The number of nitrogens with zero attached hydrogens (tertiary/aromatic N) is 1. The van der Waals surface area contributed by atoms with Gasteiger partial charge in [0.05, 0.1) is 18.3 Å². The first-order chi connectivity index (χ1) is 8.91. The van der Waals surface area contributed by atoms with Crippen LogP contribution in [-0.4, -0.2) is 39.3 Å². The van der Waals surface area contributed by atoms with Crippen molar-refractivity contribution in [3.8, 4) is 0 Å². The summed E-state index contributed by atoms with van der Waals surface area (Å²) in [5.41, 5.74) is 1.62. The zero-order valence-electron chi connectivity index (χ0n) is 10.8. The molecule has 0 bridgehead atoms. The molecule has 0 aliphatic heterocycles. The van der Waals surface area contributed by atoms with E-state index >= 15 is 0 Å². The van der Waals surface area contributed by atoms with E-state index in [2.05, 4.69) is 15.6 Å². The van der Waals surface area contributed by atoms with Crippen LogP contribution in [0.4, 0.5) is 4.79 Å². The Kier molecular flexibility index (Phi) is 5.25. The van der Waals surface area contributed by atoms with Crippen molar-refractivity contribution < 1.29 is 19.8 Å². The Morgan fingerprint density at radius 3 is 2.68 bits per heavy atom. The number of nitrogens with one attached hydrogen (secondary N) is 2. The minimum atomic E-state index is -1.34. The number of aryl methyl sites for hydroxylation is 1. The maximum absolute atomic E-state index is 11.5. The smallest absolute Gasteiger partial charge is 0.328 e. The van der Waals surface area contributed by atoms with Gasteiger partial charge in [0, 0.05) is 6.20 Å². The standard InChI is InChI=1S/C12H17N3O4/c1-7-4-3-5-13-9(7)6-14-12(19)15-10(8(2)16)11(17)18/h3-5,8,10,16H,6H2,1-2H3,(H,17,18)(H2,14,15,19)/t8-,10+/m1/s1. The molecular formula is C12H17N3O4. The van der Waals surface area contributed by atoms with Crippen LogP contribution in [0.3, 0.4) is 0 Å². The molecule has 0 saturated heterocycles. The Morgan fingerprint density at radius 1 is 1.47 bits per heavy atom. The quantitative estimate of drug-likeness (QED) is 0.601. The van der Waals surface area contributed by atoms with Crippen LogP contribution in [0.25, 0.3) is 0 Å². The number of carboxylic acids is 1. The molecule has 7 nitrogen and oxygen atoms in total. The Balaban J connectivity index is 2.52. The van der Waals surface area contributed by atoms with Crippen LogP contribution >= 0.6 is 0 Å². The predicted octanol–water partition coefficient (Wildman–Crippen LogP) is 0.0232. The van der Waals surface area contributed by atoms with E-state index in [1.165, 1.54) is 6.92 Å². The maximum Gasteiger partial charge on any atom is 0.328 e. The highest BCUT2D eigenvalue weighted by molar-refractivity contribution is 5.82. The fraction of sp³-hybridized carbons (Fsp3) is 0.417. The van der Waals surface area contributed by atoms with Gasteiger partial charge in [-0.15, -0.1) is 0 Å². The van der Waals surface area contributed by atoms with Crippen LogP contribution in [0.15, 0.2) is 18.3 Å². The first kappa shape index (κ1) is 14.9. The van der Waals surface area contributed by atoms with Crippen molar-refractivity contribution in [2.45, 2.75) is 32.5 Å². The highest BCUT2D eigenvalue weighted by Crippen LogP contribution is 2.02. The van der Waals surface area contributed by atoms with Gasteiger partial charge in [-0.3, -0.25) is 4.98 Å². The topological polar surface area (TPSA) is 112 Å². The van der Waals surface area contributed by atoms with E-state index in [0.717, 1.165) is 5.56 Å². The number of pyridine rings is 1. The van der Waals surface area contributed by atoms with E-state index in [0.29, 0.717) is 5.69 Å². The van der Waals surface area contributed by atoms with Crippen molar-refractivity contribution >= 4 is 12.0 Å². The Hall–Kier alpha value is -2.15. The zero-order valence-corrected chi connectivity index (χ0v) is 10.8. The molecule has 19 heavy (non-hydrogen) atoms. The largest absolute Gasteiger partial charge is 0.480 e. The molecular weight excluding hydrogens is 250 g/mol. The second kappa shape index (κ2) is 6.69. The molecule has 1 rings (SSSR count). The lowest BCUT2D eigenvalue weighted by Gasteiger charge is -2.17. The van der Waals surface area contributed by atoms with Gasteiger partial charge in [-0.1, -0.05) is 6.07 Å². The highest BCUT2D eigenvalue weighted by Gasteiger charge is 2.24. The number of rotatable bonds is 5. The van der Waals surface area contributed by atoms with Crippen LogP contribution in [0, 0.1) is 6.92 Å². The summed E-state index contributed by atoms with van der Waals surface area (Å²) in [5, 5.41) is 22.7. The third-order valence-corrected chi connectivity index (χ3v) is 2.57. The van der Waals surface area contributed by atoms with Gasteiger partial charge >= 0.3 is 12.0 Å². The minimum absolute atomic E-state index is 0.185. The number of aliphatic hydroxyl groups excluding tert-OH is 1. The number of aliphatic carboxylic acids is 1. The van der Waals surface area contributed by atoms with Gasteiger partial charge in [-0.25, -0.2) is 9.59 Å². The molecule has 4 N–H and O–H groups in total. The number of hydrogen-bond donors (Lipinski definition) is 4. The monoisotopic (exact) mass is 267 g/mol. The Bertz CT molecular complexity index is 462. The summed E-state index contributed by atoms with van der Waals surface area (Å²) in [6, 6.07) is 1.63. The summed E-state index contributed by atoms with van der Waals surface area (Å²) in [6.07, 6.45) is 0.428. The summed E-state index contributed by atoms with van der Waals surface area (Å²) in [7, 11) is 0. The lowest BCUT2D eigenvalue weighted by molar-refractivity contribution is -0.141.